The zero-order valence-corrected chi connectivity index (χ0v) is 6.42. The molecule has 62 valence electrons. The molecule has 0 amide bonds. The maximum atomic E-state index is 10.6. The third-order valence-electron chi connectivity index (χ3n) is 0.903. The Labute approximate surface area is 65.0 Å². The van der Waals surface area contributed by atoms with Crippen molar-refractivity contribution in [2.45, 2.75) is 13.3 Å². The van der Waals surface area contributed by atoms with Gasteiger partial charge >= 0.3 is 11.9 Å². The van der Waals surface area contributed by atoms with Crippen LogP contribution in [0.5, 0.6) is 0 Å². The summed E-state index contributed by atoms with van der Waals surface area (Å²) in [6.07, 6.45) is 0.0546. The Morgan fingerprint density at radius 3 is 2.45 bits per heavy atom. The van der Waals surface area contributed by atoms with Crippen LogP contribution in [-0.2, 0) is 14.3 Å². The molecule has 0 radical (unpaired) electrons. The van der Waals surface area contributed by atoms with Gasteiger partial charge in [-0.2, -0.15) is 0 Å². The minimum Gasteiger partial charge on any atom is -0.390 e. The van der Waals surface area contributed by atoms with Crippen molar-refractivity contribution in [3.63, 3.8) is 0 Å². The fourth-order valence-electron chi connectivity index (χ4n) is 0.359. The Kier molecular flexibility index (Phi) is 4.14. The fraction of sp³-hybridized carbons (Fsp3) is 0.429. The molecular weight excluding hydrogens is 146 g/mol. The number of hydrogen-bond acceptors (Lipinski definition) is 4. The van der Waals surface area contributed by atoms with Gasteiger partial charge in [0.1, 0.15) is 0 Å². The molecule has 4 nitrogen and oxygen atoms in total. The van der Waals surface area contributed by atoms with E-state index >= 15 is 0 Å². The highest BCUT2D eigenvalue weighted by Gasteiger charge is 2.08. The highest BCUT2D eigenvalue weighted by Crippen LogP contribution is 1.93. The molecule has 4 heteroatoms. The molecule has 0 aliphatic carbocycles. The summed E-state index contributed by atoms with van der Waals surface area (Å²) < 4.78 is 4.29. The Morgan fingerprint density at radius 2 is 2.09 bits per heavy atom. The summed E-state index contributed by atoms with van der Waals surface area (Å²) in [5.41, 5.74) is 5.25. The normalized spacial score (nSPS) is 8.91. The molecule has 2 N–H and O–H groups in total. The van der Waals surface area contributed by atoms with Crippen LogP contribution >= 0.6 is 0 Å². The average Bonchev–Trinajstić information content (AvgIpc) is 1.87. The van der Waals surface area contributed by atoms with Gasteiger partial charge in [-0.05, 0) is 6.92 Å². The van der Waals surface area contributed by atoms with Gasteiger partial charge in [-0.25, -0.2) is 4.79 Å². The standard InChI is InChI=1S/C7H11NO3/c1-5(2)7(10)11-6(9)3-4-8/h1,3-4,8H2,2H3. The van der Waals surface area contributed by atoms with E-state index in [2.05, 4.69) is 11.3 Å². The first-order valence-electron chi connectivity index (χ1n) is 3.18. The maximum Gasteiger partial charge on any atom is 0.340 e. The lowest BCUT2D eigenvalue weighted by atomic mass is 10.3. The van der Waals surface area contributed by atoms with Crippen molar-refractivity contribution in [1.82, 2.24) is 0 Å². The number of hydrogen-bond donors (Lipinski definition) is 1. The largest absolute Gasteiger partial charge is 0.390 e. The molecule has 0 fully saturated rings. The number of rotatable bonds is 3. The second kappa shape index (κ2) is 4.62. The van der Waals surface area contributed by atoms with Gasteiger partial charge in [-0.15, -0.1) is 0 Å². The van der Waals surface area contributed by atoms with Crippen LogP contribution in [-0.4, -0.2) is 18.5 Å². The van der Waals surface area contributed by atoms with Crippen LogP contribution in [0, 0.1) is 0 Å². The molecule has 0 aliphatic rings. The molecule has 0 bridgehead atoms. The smallest absolute Gasteiger partial charge is 0.340 e. The van der Waals surface area contributed by atoms with E-state index in [9.17, 15) is 9.59 Å². The molecule has 0 heterocycles. The number of nitrogens with two attached hydrogens (primary N) is 1. The molecule has 0 atom stereocenters. The van der Waals surface area contributed by atoms with Crippen LogP contribution in [0.4, 0.5) is 0 Å². The van der Waals surface area contributed by atoms with E-state index in [-0.39, 0.29) is 18.5 Å². The summed E-state index contributed by atoms with van der Waals surface area (Å²) in [5, 5.41) is 0. The lowest BCUT2D eigenvalue weighted by Crippen LogP contribution is -2.16. The molecule has 0 aromatic carbocycles. The van der Waals surface area contributed by atoms with Gasteiger partial charge in [-0.1, -0.05) is 6.58 Å². The van der Waals surface area contributed by atoms with E-state index in [0.717, 1.165) is 0 Å². The van der Waals surface area contributed by atoms with E-state index in [1.807, 2.05) is 0 Å². The summed E-state index contributed by atoms with van der Waals surface area (Å²) in [6, 6.07) is 0. The summed E-state index contributed by atoms with van der Waals surface area (Å²) in [5.74, 6) is -1.30. The highest BCUT2D eigenvalue weighted by molar-refractivity contribution is 5.95. The van der Waals surface area contributed by atoms with E-state index in [0.29, 0.717) is 0 Å². The van der Waals surface area contributed by atoms with Crippen molar-refractivity contribution in [3.8, 4) is 0 Å². The van der Waals surface area contributed by atoms with Gasteiger partial charge < -0.3 is 10.5 Å². The molecule has 0 aromatic rings. The van der Waals surface area contributed by atoms with Gasteiger partial charge in [0.15, 0.2) is 0 Å². The molecule has 11 heavy (non-hydrogen) atoms. The lowest BCUT2D eigenvalue weighted by molar-refractivity contribution is -0.156. The quantitative estimate of drug-likeness (QED) is 0.355. The topological polar surface area (TPSA) is 69.4 Å². The van der Waals surface area contributed by atoms with Crippen molar-refractivity contribution >= 4 is 11.9 Å². The summed E-state index contributed by atoms with van der Waals surface area (Å²) in [7, 11) is 0. The highest BCUT2D eigenvalue weighted by atomic mass is 16.6. The zero-order chi connectivity index (χ0) is 8.85. The number of carbonyl (C=O) groups is 2. The number of esters is 2. The molecule has 0 aromatic heterocycles. The van der Waals surface area contributed by atoms with Crippen molar-refractivity contribution < 1.29 is 14.3 Å². The van der Waals surface area contributed by atoms with Crippen LogP contribution < -0.4 is 5.73 Å². The van der Waals surface area contributed by atoms with Crippen LogP contribution in [0.3, 0.4) is 0 Å². The van der Waals surface area contributed by atoms with Crippen LogP contribution in [0.25, 0.3) is 0 Å². The molecular formula is C7H11NO3. The lowest BCUT2D eigenvalue weighted by Gasteiger charge is -1.99. The minimum atomic E-state index is -0.691. The molecule has 0 saturated carbocycles. The van der Waals surface area contributed by atoms with Crippen molar-refractivity contribution in [3.05, 3.63) is 12.2 Å². The zero-order valence-electron chi connectivity index (χ0n) is 6.42. The summed E-state index contributed by atoms with van der Waals surface area (Å²) in [4.78, 5) is 21.2. The Balaban J connectivity index is 3.76. The maximum absolute atomic E-state index is 10.6. The first-order chi connectivity index (χ1) is 5.07. The summed E-state index contributed by atoms with van der Waals surface area (Å²) in [6.45, 7) is 4.96. The van der Waals surface area contributed by atoms with Gasteiger partial charge in [0.25, 0.3) is 0 Å². The van der Waals surface area contributed by atoms with Gasteiger partial charge in [0.05, 0.1) is 6.42 Å². The Hall–Kier alpha value is -1.16. The monoisotopic (exact) mass is 157 g/mol. The number of ether oxygens (including phenoxy) is 1. The molecule has 0 unspecified atom stereocenters. The second-order valence-electron chi connectivity index (χ2n) is 2.08. The van der Waals surface area contributed by atoms with Crippen molar-refractivity contribution in [2.24, 2.45) is 5.73 Å². The summed E-state index contributed by atoms with van der Waals surface area (Å²) >= 11 is 0. The molecule has 0 aliphatic heterocycles. The third-order valence-corrected chi connectivity index (χ3v) is 0.903. The van der Waals surface area contributed by atoms with E-state index in [4.69, 9.17) is 5.73 Å². The van der Waals surface area contributed by atoms with E-state index in [1.165, 1.54) is 6.92 Å². The van der Waals surface area contributed by atoms with Gasteiger partial charge in [0, 0.05) is 12.1 Å². The molecule has 0 spiro atoms. The molecule has 0 rings (SSSR count). The van der Waals surface area contributed by atoms with Crippen molar-refractivity contribution in [1.29, 1.82) is 0 Å². The Bertz CT molecular complexity index is 186. The van der Waals surface area contributed by atoms with Crippen molar-refractivity contribution in [2.75, 3.05) is 6.54 Å². The van der Waals surface area contributed by atoms with Crippen LogP contribution in [0.1, 0.15) is 13.3 Å². The van der Waals surface area contributed by atoms with Crippen LogP contribution in [0.15, 0.2) is 12.2 Å². The van der Waals surface area contributed by atoms with Gasteiger partial charge in [0.2, 0.25) is 0 Å². The second-order valence-corrected chi connectivity index (χ2v) is 2.08. The predicted octanol–water partition coefficient (Wildman–Crippen LogP) is -0.0189. The third kappa shape index (κ3) is 4.27. The number of carbonyl (C=O) groups excluding carboxylic acids is 2. The van der Waals surface area contributed by atoms with E-state index in [1.54, 1.807) is 0 Å². The van der Waals surface area contributed by atoms with Crippen LogP contribution in [0.2, 0.25) is 0 Å². The average molecular weight is 157 g/mol. The SMILES string of the molecule is C=C(C)C(=O)OC(=O)CCN. The Morgan fingerprint density at radius 1 is 1.55 bits per heavy atom. The predicted molar refractivity (Wildman–Crippen MR) is 39.6 cm³/mol. The van der Waals surface area contributed by atoms with Gasteiger partial charge in [-0.3, -0.25) is 4.79 Å². The first kappa shape index (κ1) is 9.84. The fourth-order valence-corrected chi connectivity index (χ4v) is 0.359. The van der Waals surface area contributed by atoms with E-state index < -0.39 is 11.9 Å². The molecule has 0 saturated heterocycles. The minimum absolute atomic E-state index is 0.0546. The first-order valence-corrected chi connectivity index (χ1v) is 3.18.